The minimum Gasteiger partial charge on any atom is -0.368 e. The molecule has 160 valence electrons. The molecular weight excluding hydrogens is 392 g/mol. The van der Waals surface area contributed by atoms with Crippen molar-refractivity contribution in [1.29, 1.82) is 0 Å². The van der Waals surface area contributed by atoms with Crippen LogP contribution in [0.25, 0.3) is 0 Å². The molecule has 2 N–H and O–H groups in total. The average Bonchev–Trinajstić information content (AvgIpc) is 3.49. The lowest BCUT2D eigenvalue weighted by atomic mass is 9.85. The van der Waals surface area contributed by atoms with Crippen LogP contribution >= 0.6 is 0 Å². The van der Waals surface area contributed by atoms with Crippen molar-refractivity contribution >= 4 is 27.7 Å². The molecule has 0 spiro atoms. The third-order valence-corrected chi connectivity index (χ3v) is 6.30. The highest BCUT2D eigenvalue weighted by Gasteiger charge is 2.31. The van der Waals surface area contributed by atoms with Crippen LogP contribution in [0.4, 0.5) is 5.69 Å². The lowest BCUT2D eigenvalue weighted by molar-refractivity contribution is -0.145. The molecule has 1 aromatic rings. The molecule has 0 aromatic heterocycles. The van der Waals surface area contributed by atoms with Crippen molar-refractivity contribution in [3.05, 3.63) is 29.8 Å². The topological polar surface area (TPSA) is 98.8 Å². The molecule has 2 amide bonds. The van der Waals surface area contributed by atoms with E-state index in [-0.39, 0.29) is 5.41 Å². The second-order valence-corrected chi connectivity index (χ2v) is 10.3. The molecular formula is C20H30N4O4S. The first-order valence-electron chi connectivity index (χ1n) is 10.0. The Morgan fingerprint density at radius 3 is 2.28 bits per heavy atom. The molecule has 2 aliphatic rings. The van der Waals surface area contributed by atoms with Crippen molar-refractivity contribution in [2.24, 2.45) is 5.92 Å². The number of hydrogen-bond acceptors (Lipinski definition) is 5. The number of benzene rings is 1. The lowest BCUT2D eigenvalue weighted by Gasteiger charge is -2.38. The number of hydrogen-bond donors (Lipinski definition) is 2. The quantitative estimate of drug-likeness (QED) is 0.690. The van der Waals surface area contributed by atoms with Gasteiger partial charge in [-0.3, -0.25) is 9.59 Å². The number of carbonyl (C=O) groups excluding carboxylic acids is 2. The summed E-state index contributed by atoms with van der Waals surface area (Å²) in [7, 11) is -4.00. The van der Waals surface area contributed by atoms with Crippen LogP contribution in [0.2, 0.25) is 0 Å². The van der Waals surface area contributed by atoms with Gasteiger partial charge in [0.1, 0.15) is 0 Å². The fourth-order valence-electron chi connectivity index (χ4n) is 3.43. The lowest BCUT2D eigenvalue weighted by Crippen LogP contribution is -2.54. The number of piperazine rings is 1. The molecule has 29 heavy (non-hydrogen) atoms. The van der Waals surface area contributed by atoms with Gasteiger partial charge < -0.3 is 9.80 Å². The van der Waals surface area contributed by atoms with Gasteiger partial charge in [0.05, 0.1) is 0 Å². The Morgan fingerprint density at radius 2 is 1.69 bits per heavy atom. The molecule has 8 nitrogen and oxygen atoms in total. The van der Waals surface area contributed by atoms with Gasteiger partial charge >= 0.3 is 22.0 Å². The Kier molecular flexibility index (Phi) is 6.19. The van der Waals surface area contributed by atoms with Crippen LogP contribution in [-0.2, 0) is 25.2 Å². The summed E-state index contributed by atoms with van der Waals surface area (Å²) in [6, 6.07) is 8.20. The molecule has 1 heterocycles. The maximum atomic E-state index is 12.4. The third kappa shape index (κ3) is 5.70. The number of nitrogens with zero attached hydrogens (tertiary/aromatic N) is 2. The standard InChI is InChI=1S/C20H30N4O4S/c1-20(2,3)16-6-4-5-7-17(16)23-10-12-24(13-11-23)19(26)18(25)22-29(27,28)21-14-15-8-9-15/h4-7,15,21H,8-14H2,1-3H3,(H,22,25). The number of anilines is 1. The SMILES string of the molecule is CC(C)(C)c1ccccc1N1CCN(C(=O)C(=O)NS(=O)(=O)NCC2CC2)CC1. The van der Waals surface area contributed by atoms with E-state index in [9.17, 15) is 18.0 Å². The largest absolute Gasteiger partial charge is 0.368 e. The van der Waals surface area contributed by atoms with Crippen LogP contribution in [0.15, 0.2) is 24.3 Å². The van der Waals surface area contributed by atoms with E-state index in [1.807, 2.05) is 16.9 Å². The van der Waals surface area contributed by atoms with Crippen molar-refractivity contribution in [1.82, 2.24) is 14.3 Å². The van der Waals surface area contributed by atoms with E-state index >= 15 is 0 Å². The second kappa shape index (κ2) is 8.31. The number of para-hydroxylation sites is 1. The van der Waals surface area contributed by atoms with E-state index < -0.39 is 22.0 Å². The number of carbonyl (C=O) groups is 2. The number of rotatable bonds is 5. The van der Waals surface area contributed by atoms with E-state index in [1.54, 1.807) is 0 Å². The first kappa shape index (κ1) is 21.6. The van der Waals surface area contributed by atoms with Gasteiger partial charge in [-0.2, -0.15) is 13.1 Å². The normalized spacial score (nSPS) is 17.9. The van der Waals surface area contributed by atoms with E-state index in [1.165, 1.54) is 10.5 Å². The Hall–Kier alpha value is -2.13. The highest BCUT2D eigenvalue weighted by atomic mass is 32.2. The molecule has 1 aliphatic carbocycles. The van der Waals surface area contributed by atoms with Gasteiger partial charge in [-0.25, -0.2) is 4.72 Å². The summed E-state index contributed by atoms with van der Waals surface area (Å²) in [5.41, 5.74) is 2.35. The average molecular weight is 423 g/mol. The minimum absolute atomic E-state index is 0.00867. The van der Waals surface area contributed by atoms with Crippen LogP contribution in [0, 0.1) is 5.92 Å². The van der Waals surface area contributed by atoms with Crippen LogP contribution in [0.5, 0.6) is 0 Å². The Morgan fingerprint density at radius 1 is 1.07 bits per heavy atom. The van der Waals surface area contributed by atoms with Gasteiger partial charge in [0.15, 0.2) is 0 Å². The zero-order chi connectivity index (χ0) is 21.2. The van der Waals surface area contributed by atoms with Crippen LogP contribution in [0.3, 0.4) is 0 Å². The number of amides is 2. The molecule has 0 bridgehead atoms. The van der Waals surface area contributed by atoms with E-state index in [4.69, 9.17) is 0 Å². The van der Waals surface area contributed by atoms with E-state index in [0.717, 1.165) is 18.5 Å². The summed E-state index contributed by atoms with van der Waals surface area (Å²) in [4.78, 5) is 28.1. The third-order valence-electron chi connectivity index (χ3n) is 5.30. The van der Waals surface area contributed by atoms with Crippen molar-refractivity contribution in [3.63, 3.8) is 0 Å². The molecule has 0 atom stereocenters. The zero-order valence-corrected chi connectivity index (χ0v) is 18.1. The molecule has 3 rings (SSSR count). The summed E-state index contributed by atoms with van der Waals surface area (Å²) in [6.07, 6.45) is 1.97. The summed E-state index contributed by atoms with van der Waals surface area (Å²) in [5.74, 6) is -1.59. The van der Waals surface area contributed by atoms with Gasteiger partial charge in [-0.1, -0.05) is 39.0 Å². The van der Waals surface area contributed by atoms with Crippen molar-refractivity contribution < 1.29 is 18.0 Å². The summed E-state index contributed by atoms with van der Waals surface area (Å²) < 4.78 is 28.0. The predicted molar refractivity (Wildman–Crippen MR) is 112 cm³/mol. The van der Waals surface area contributed by atoms with Gasteiger partial charge in [0.25, 0.3) is 0 Å². The van der Waals surface area contributed by atoms with Gasteiger partial charge in [0.2, 0.25) is 0 Å². The maximum absolute atomic E-state index is 12.4. The van der Waals surface area contributed by atoms with Crippen molar-refractivity contribution in [2.75, 3.05) is 37.6 Å². The molecule has 2 fully saturated rings. The fourth-order valence-corrected chi connectivity index (χ4v) is 4.29. The van der Waals surface area contributed by atoms with Crippen LogP contribution in [0.1, 0.15) is 39.2 Å². The Labute approximate surface area is 172 Å². The first-order chi connectivity index (χ1) is 13.6. The van der Waals surface area contributed by atoms with Crippen LogP contribution in [-0.4, -0.2) is 57.9 Å². The fraction of sp³-hybridized carbons (Fsp3) is 0.600. The molecule has 9 heteroatoms. The van der Waals surface area contributed by atoms with Gasteiger partial charge in [0, 0.05) is 38.4 Å². The highest BCUT2D eigenvalue weighted by molar-refractivity contribution is 7.88. The Balaban J connectivity index is 1.56. The molecule has 1 saturated heterocycles. The first-order valence-corrected chi connectivity index (χ1v) is 11.5. The van der Waals surface area contributed by atoms with Gasteiger partial charge in [-0.05, 0) is 35.8 Å². The molecule has 0 unspecified atom stereocenters. The smallest absolute Gasteiger partial charge is 0.323 e. The van der Waals surface area contributed by atoms with Crippen LogP contribution < -0.4 is 14.3 Å². The maximum Gasteiger partial charge on any atom is 0.323 e. The van der Waals surface area contributed by atoms with E-state index in [0.29, 0.717) is 38.6 Å². The predicted octanol–water partition coefficient (Wildman–Crippen LogP) is 0.993. The summed E-state index contributed by atoms with van der Waals surface area (Å²) in [5, 5.41) is 0. The molecule has 0 radical (unpaired) electrons. The van der Waals surface area contributed by atoms with Gasteiger partial charge in [-0.15, -0.1) is 0 Å². The van der Waals surface area contributed by atoms with E-state index in [2.05, 4.69) is 42.5 Å². The van der Waals surface area contributed by atoms with Crippen molar-refractivity contribution in [3.8, 4) is 0 Å². The molecule has 1 saturated carbocycles. The minimum atomic E-state index is -4.00. The molecule has 1 aliphatic heterocycles. The summed E-state index contributed by atoms with van der Waals surface area (Å²) in [6.45, 7) is 8.66. The number of nitrogens with one attached hydrogen (secondary N) is 2. The molecule has 1 aromatic carbocycles. The van der Waals surface area contributed by atoms with Crippen molar-refractivity contribution in [2.45, 2.75) is 39.0 Å². The summed E-state index contributed by atoms with van der Waals surface area (Å²) >= 11 is 0. The monoisotopic (exact) mass is 422 g/mol. The second-order valence-electron chi connectivity index (χ2n) is 8.77. The Bertz CT molecular complexity index is 867. The zero-order valence-electron chi connectivity index (χ0n) is 17.3. The highest BCUT2D eigenvalue weighted by Crippen LogP contribution is 2.32.